The van der Waals surface area contributed by atoms with Crippen molar-refractivity contribution in [3.05, 3.63) is 0 Å². The van der Waals surface area contributed by atoms with Crippen molar-refractivity contribution < 1.29 is 14.3 Å². The van der Waals surface area contributed by atoms with Crippen LogP contribution < -0.4 is 5.32 Å². The van der Waals surface area contributed by atoms with Crippen LogP contribution in [-0.4, -0.2) is 49.3 Å². The third-order valence-electron chi connectivity index (χ3n) is 2.89. The summed E-state index contributed by atoms with van der Waals surface area (Å²) in [4.78, 5) is 15.1. The van der Waals surface area contributed by atoms with Gasteiger partial charge in [0.2, 0.25) is 0 Å². The van der Waals surface area contributed by atoms with Gasteiger partial charge in [0, 0.05) is 19.0 Å². The first-order valence-electron chi connectivity index (χ1n) is 5.34. The Hall–Kier alpha value is -0.750. The molecule has 6 heteroatoms. The molecule has 0 unspecified atom stereocenters. The van der Waals surface area contributed by atoms with E-state index in [1.807, 2.05) is 0 Å². The second kappa shape index (κ2) is 5.05. The summed E-state index contributed by atoms with van der Waals surface area (Å²) in [5, 5.41) is 4.26. The molecule has 2 rings (SSSR count). The van der Waals surface area contributed by atoms with Crippen LogP contribution in [0.15, 0.2) is 4.99 Å². The van der Waals surface area contributed by atoms with Crippen LogP contribution in [0.5, 0.6) is 0 Å². The van der Waals surface area contributed by atoms with Crippen molar-refractivity contribution in [2.24, 2.45) is 4.99 Å². The Kier molecular flexibility index (Phi) is 3.70. The number of amidine groups is 1. The second-order valence-corrected chi connectivity index (χ2v) is 4.97. The molecule has 1 N–H and O–H groups in total. The van der Waals surface area contributed by atoms with Crippen LogP contribution in [-0.2, 0) is 14.3 Å². The number of aliphatic imine (C=N–C) groups is 1. The number of hydrogen-bond donors (Lipinski definition) is 1. The van der Waals surface area contributed by atoms with E-state index in [2.05, 4.69) is 15.0 Å². The quantitative estimate of drug-likeness (QED) is 0.713. The number of carbonyl (C=O) groups is 1. The average molecular weight is 244 g/mol. The van der Waals surface area contributed by atoms with E-state index >= 15 is 0 Å². The number of esters is 1. The number of thioether (sulfide) groups is 1. The zero-order valence-electron chi connectivity index (χ0n) is 9.32. The predicted molar refractivity (Wildman–Crippen MR) is 62.7 cm³/mol. The van der Waals surface area contributed by atoms with Gasteiger partial charge in [-0.25, -0.2) is 0 Å². The fourth-order valence-electron chi connectivity index (χ4n) is 1.82. The van der Waals surface area contributed by atoms with Crippen molar-refractivity contribution in [3.63, 3.8) is 0 Å². The number of nitrogens with one attached hydrogen (secondary N) is 1. The van der Waals surface area contributed by atoms with E-state index in [1.165, 1.54) is 7.11 Å². The highest BCUT2D eigenvalue weighted by Crippen LogP contribution is 2.31. The molecule has 2 saturated heterocycles. The van der Waals surface area contributed by atoms with Gasteiger partial charge in [-0.15, -0.1) is 0 Å². The number of carbonyl (C=O) groups excluding carboxylic acids is 1. The summed E-state index contributed by atoms with van der Waals surface area (Å²) in [7, 11) is 1.37. The average Bonchev–Trinajstić information content (AvgIpc) is 2.70. The highest BCUT2D eigenvalue weighted by Gasteiger charge is 2.38. The topological polar surface area (TPSA) is 59.9 Å². The molecule has 5 nitrogen and oxygen atoms in total. The Morgan fingerprint density at radius 2 is 2.38 bits per heavy atom. The van der Waals surface area contributed by atoms with E-state index in [0.717, 1.165) is 37.0 Å². The molecule has 0 atom stereocenters. The Bertz CT molecular complexity index is 300. The SMILES string of the molecule is COC(=O)CN=C1NC2(CCOCC2)CS1. The normalized spacial score (nSPS) is 25.7. The summed E-state index contributed by atoms with van der Waals surface area (Å²) >= 11 is 1.68. The van der Waals surface area contributed by atoms with Crippen LogP contribution in [0.25, 0.3) is 0 Å². The molecular weight excluding hydrogens is 228 g/mol. The Morgan fingerprint density at radius 3 is 3.06 bits per heavy atom. The smallest absolute Gasteiger partial charge is 0.327 e. The minimum atomic E-state index is -0.303. The van der Waals surface area contributed by atoms with Crippen molar-refractivity contribution in [2.45, 2.75) is 18.4 Å². The molecule has 2 fully saturated rings. The standard InChI is InChI=1S/C10H16N2O3S/c1-14-8(13)6-11-9-12-10(7-16-9)2-4-15-5-3-10/h2-7H2,1H3,(H,11,12). The highest BCUT2D eigenvalue weighted by atomic mass is 32.2. The lowest BCUT2D eigenvalue weighted by Gasteiger charge is -2.32. The van der Waals surface area contributed by atoms with Crippen molar-refractivity contribution in [1.82, 2.24) is 5.32 Å². The molecule has 0 saturated carbocycles. The molecule has 1 spiro atoms. The van der Waals surface area contributed by atoms with Crippen molar-refractivity contribution in [2.75, 3.05) is 32.6 Å². The minimum Gasteiger partial charge on any atom is -0.468 e. The fourth-order valence-corrected chi connectivity index (χ4v) is 3.04. The zero-order valence-corrected chi connectivity index (χ0v) is 10.1. The predicted octanol–water partition coefficient (Wildman–Crippen LogP) is 0.401. The first-order valence-corrected chi connectivity index (χ1v) is 6.33. The fraction of sp³-hybridized carbons (Fsp3) is 0.800. The summed E-state index contributed by atoms with van der Waals surface area (Å²) < 4.78 is 9.89. The van der Waals surface area contributed by atoms with Gasteiger partial charge in [-0.2, -0.15) is 0 Å². The van der Waals surface area contributed by atoms with Crippen LogP contribution >= 0.6 is 11.8 Å². The summed E-state index contributed by atoms with van der Waals surface area (Å²) in [6.45, 7) is 1.70. The van der Waals surface area contributed by atoms with Gasteiger partial charge in [-0.05, 0) is 12.8 Å². The van der Waals surface area contributed by atoms with Gasteiger partial charge in [0.05, 0.1) is 12.6 Å². The third-order valence-corrected chi connectivity index (χ3v) is 4.09. The van der Waals surface area contributed by atoms with Crippen molar-refractivity contribution in [1.29, 1.82) is 0 Å². The first kappa shape index (κ1) is 11.7. The van der Waals surface area contributed by atoms with Gasteiger partial charge in [-0.3, -0.25) is 9.79 Å². The Labute approximate surface area is 99.0 Å². The van der Waals surface area contributed by atoms with Crippen LogP contribution in [0.1, 0.15) is 12.8 Å². The number of hydrogen-bond acceptors (Lipinski definition) is 5. The first-order chi connectivity index (χ1) is 7.74. The number of rotatable bonds is 2. The second-order valence-electron chi connectivity index (χ2n) is 4.00. The summed E-state index contributed by atoms with van der Waals surface area (Å²) in [5.74, 6) is 0.707. The molecule has 0 aliphatic carbocycles. The van der Waals surface area contributed by atoms with Crippen molar-refractivity contribution in [3.8, 4) is 0 Å². The van der Waals surface area contributed by atoms with E-state index in [9.17, 15) is 4.79 Å². The monoisotopic (exact) mass is 244 g/mol. The molecule has 90 valence electrons. The van der Waals surface area contributed by atoms with E-state index in [4.69, 9.17) is 4.74 Å². The molecule has 2 heterocycles. The maximum absolute atomic E-state index is 10.9. The molecule has 0 aromatic carbocycles. The summed E-state index contributed by atoms with van der Waals surface area (Å²) in [6.07, 6.45) is 2.02. The van der Waals surface area contributed by atoms with Gasteiger partial charge in [0.25, 0.3) is 0 Å². The minimum absolute atomic E-state index is 0.0956. The Balaban J connectivity index is 1.89. The number of ether oxygens (including phenoxy) is 2. The molecule has 0 aromatic heterocycles. The number of methoxy groups -OCH3 is 1. The zero-order chi connectivity index (χ0) is 11.4. The van der Waals surface area contributed by atoms with Gasteiger partial charge < -0.3 is 14.8 Å². The molecular formula is C10H16N2O3S. The molecule has 0 radical (unpaired) electrons. The largest absolute Gasteiger partial charge is 0.468 e. The molecule has 2 aliphatic heterocycles. The van der Waals surface area contributed by atoms with E-state index in [1.54, 1.807) is 11.8 Å². The molecule has 0 bridgehead atoms. The van der Waals surface area contributed by atoms with Crippen LogP contribution in [0.2, 0.25) is 0 Å². The lowest BCUT2D eigenvalue weighted by molar-refractivity contribution is -0.138. The Morgan fingerprint density at radius 1 is 1.62 bits per heavy atom. The van der Waals surface area contributed by atoms with Crippen molar-refractivity contribution >= 4 is 22.9 Å². The highest BCUT2D eigenvalue weighted by molar-refractivity contribution is 8.14. The maximum Gasteiger partial charge on any atom is 0.327 e. The van der Waals surface area contributed by atoms with Gasteiger partial charge >= 0.3 is 5.97 Å². The van der Waals surface area contributed by atoms with E-state index in [-0.39, 0.29) is 18.1 Å². The molecule has 2 aliphatic rings. The molecule has 0 aromatic rings. The van der Waals surface area contributed by atoms with Gasteiger partial charge in [-0.1, -0.05) is 11.8 Å². The van der Waals surface area contributed by atoms with E-state index in [0.29, 0.717) is 0 Å². The van der Waals surface area contributed by atoms with E-state index < -0.39 is 0 Å². The summed E-state index contributed by atoms with van der Waals surface area (Å²) in [6, 6.07) is 0. The molecule has 16 heavy (non-hydrogen) atoms. The lowest BCUT2D eigenvalue weighted by atomic mass is 9.93. The molecule has 0 amide bonds. The van der Waals surface area contributed by atoms with Crippen LogP contribution in [0.4, 0.5) is 0 Å². The van der Waals surface area contributed by atoms with Crippen LogP contribution in [0.3, 0.4) is 0 Å². The van der Waals surface area contributed by atoms with Crippen LogP contribution in [0, 0.1) is 0 Å². The third kappa shape index (κ3) is 2.68. The summed E-state index contributed by atoms with van der Waals surface area (Å²) in [5.41, 5.74) is 0.137. The van der Waals surface area contributed by atoms with Gasteiger partial charge in [0.15, 0.2) is 5.17 Å². The number of nitrogens with zero attached hydrogens (tertiary/aromatic N) is 1. The van der Waals surface area contributed by atoms with Gasteiger partial charge in [0.1, 0.15) is 6.54 Å². The maximum atomic E-state index is 10.9. The lowest BCUT2D eigenvalue weighted by Crippen LogP contribution is -2.48.